The molecule has 196 valence electrons. The summed E-state index contributed by atoms with van der Waals surface area (Å²) >= 11 is 0. The highest BCUT2D eigenvalue weighted by atomic mass is 16.5. The van der Waals surface area contributed by atoms with E-state index in [0.717, 1.165) is 16.8 Å². The lowest BCUT2D eigenvalue weighted by Gasteiger charge is -2.43. The maximum Gasteiger partial charge on any atom is 0.162 e. The Morgan fingerprint density at radius 3 is 2.53 bits per heavy atom. The topological polar surface area (TPSA) is 122 Å². The summed E-state index contributed by atoms with van der Waals surface area (Å²) in [5.41, 5.74) is 10.1. The molecule has 1 heterocycles. The molecule has 4 rings (SSSR count). The van der Waals surface area contributed by atoms with E-state index < -0.39 is 5.92 Å². The van der Waals surface area contributed by atoms with E-state index in [1.807, 2.05) is 23.1 Å². The van der Waals surface area contributed by atoms with Crippen LogP contribution in [0.1, 0.15) is 49.3 Å². The van der Waals surface area contributed by atoms with Gasteiger partial charge in [-0.05, 0) is 35.6 Å². The van der Waals surface area contributed by atoms with Crippen molar-refractivity contribution < 1.29 is 19.0 Å². The molecule has 0 bridgehead atoms. The Bertz CT molecular complexity index is 1390. The summed E-state index contributed by atoms with van der Waals surface area (Å²) in [6.45, 7) is 5.18. The van der Waals surface area contributed by atoms with Gasteiger partial charge >= 0.3 is 0 Å². The first-order chi connectivity index (χ1) is 18.2. The number of hydrogen-bond acceptors (Lipinski definition) is 8. The highest BCUT2D eigenvalue weighted by Gasteiger charge is 2.44. The smallest absolute Gasteiger partial charge is 0.162 e. The Balaban J connectivity index is 1.76. The normalized spacial score (nSPS) is 18.5. The van der Waals surface area contributed by atoms with Crippen molar-refractivity contribution in [3.8, 4) is 23.6 Å². The molecule has 0 amide bonds. The van der Waals surface area contributed by atoms with Crippen LogP contribution in [0.5, 0.6) is 11.5 Å². The Morgan fingerprint density at radius 1 is 1.08 bits per heavy atom. The lowest BCUT2D eigenvalue weighted by Crippen LogP contribution is -2.43. The number of carbonyl (C=O) groups is 1. The molecular formula is C30H32N4O4. The largest absolute Gasteiger partial charge is 0.493 e. The van der Waals surface area contributed by atoms with Crippen LogP contribution >= 0.6 is 0 Å². The van der Waals surface area contributed by atoms with Crippen LogP contribution in [-0.4, -0.2) is 38.1 Å². The number of ketones is 1. The maximum absolute atomic E-state index is 13.6. The van der Waals surface area contributed by atoms with Gasteiger partial charge in [-0.25, -0.2) is 0 Å². The van der Waals surface area contributed by atoms with Crippen molar-refractivity contribution >= 4 is 5.78 Å². The van der Waals surface area contributed by atoms with Crippen molar-refractivity contribution in [1.82, 2.24) is 4.90 Å². The molecule has 8 heteroatoms. The van der Waals surface area contributed by atoms with Gasteiger partial charge < -0.3 is 24.8 Å². The van der Waals surface area contributed by atoms with Crippen LogP contribution in [0, 0.1) is 28.1 Å². The molecule has 38 heavy (non-hydrogen) atoms. The summed E-state index contributed by atoms with van der Waals surface area (Å²) in [6.07, 6.45) is 1.04. The van der Waals surface area contributed by atoms with Gasteiger partial charge in [-0.3, -0.25) is 4.79 Å². The fourth-order valence-corrected chi connectivity index (χ4v) is 5.24. The number of carbonyl (C=O) groups excluding carboxylic acids is 1. The van der Waals surface area contributed by atoms with Gasteiger partial charge in [-0.2, -0.15) is 10.5 Å². The molecule has 2 N–H and O–H groups in total. The van der Waals surface area contributed by atoms with Crippen molar-refractivity contribution in [1.29, 1.82) is 10.5 Å². The van der Waals surface area contributed by atoms with Gasteiger partial charge in [0, 0.05) is 36.9 Å². The molecular weight excluding hydrogens is 480 g/mol. The molecule has 0 aromatic heterocycles. The quantitative estimate of drug-likeness (QED) is 0.548. The fraction of sp³-hybridized carbons (Fsp3) is 0.367. The van der Waals surface area contributed by atoms with Crippen LogP contribution in [0.4, 0.5) is 0 Å². The molecule has 8 nitrogen and oxygen atoms in total. The molecule has 2 aromatic carbocycles. The van der Waals surface area contributed by atoms with Crippen molar-refractivity contribution in [2.45, 2.75) is 39.2 Å². The minimum Gasteiger partial charge on any atom is -0.493 e. The minimum atomic E-state index is -0.611. The minimum absolute atomic E-state index is 0.0105. The lowest BCUT2D eigenvalue weighted by molar-refractivity contribution is -0.118. The van der Waals surface area contributed by atoms with E-state index in [4.69, 9.17) is 19.9 Å². The summed E-state index contributed by atoms with van der Waals surface area (Å²) in [4.78, 5) is 15.5. The predicted molar refractivity (Wildman–Crippen MR) is 142 cm³/mol. The third-order valence-electron chi connectivity index (χ3n) is 7.05. The molecule has 2 aliphatic rings. The van der Waals surface area contributed by atoms with Gasteiger partial charge in [-0.15, -0.1) is 0 Å². The highest BCUT2D eigenvalue weighted by molar-refractivity contribution is 6.00. The molecule has 0 spiro atoms. The number of hydrogen-bond donors (Lipinski definition) is 1. The molecule has 0 saturated heterocycles. The van der Waals surface area contributed by atoms with Crippen molar-refractivity contribution in [3.05, 3.63) is 81.8 Å². The number of nitriles is 2. The molecule has 0 unspecified atom stereocenters. The van der Waals surface area contributed by atoms with Crippen LogP contribution in [0.15, 0.2) is 65.1 Å². The molecule has 1 aliphatic heterocycles. The zero-order valence-corrected chi connectivity index (χ0v) is 22.2. The summed E-state index contributed by atoms with van der Waals surface area (Å²) in [5.74, 6) is 0.685. The molecule has 0 radical (unpaired) electrons. The zero-order chi connectivity index (χ0) is 27.4. The second-order valence-electron chi connectivity index (χ2n) is 10.3. The number of ether oxygens (including phenoxy) is 3. The van der Waals surface area contributed by atoms with E-state index in [9.17, 15) is 15.3 Å². The van der Waals surface area contributed by atoms with E-state index in [0.29, 0.717) is 60.0 Å². The molecule has 2 aromatic rings. The van der Waals surface area contributed by atoms with E-state index >= 15 is 0 Å². The van der Waals surface area contributed by atoms with Crippen molar-refractivity contribution in [3.63, 3.8) is 0 Å². The van der Waals surface area contributed by atoms with Gasteiger partial charge in [0.2, 0.25) is 0 Å². The molecule has 0 fully saturated rings. The summed E-state index contributed by atoms with van der Waals surface area (Å²) in [6, 6.07) is 17.1. The van der Waals surface area contributed by atoms with E-state index in [1.165, 1.54) is 7.11 Å². The highest BCUT2D eigenvalue weighted by Crippen LogP contribution is 2.49. The van der Waals surface area contributed by atoms with Crippen LogP contribution in [-0.2, 0) is 16.1 Å². The van der Waals surface area contributed by atoms with Crippen LogP contribution in [0.25, 0.3) is 0 Å². The zero-order valence-electron chi connectivity index (χ0n) is 22.2. The predicted octanol–water partition coefficient (Wildman–Crippen LogP) is 4.53. The lowest BCUT2D eigenvalue weighted by atomic mass is 9.68. The molecule has 0 saturated carbocycles. The van der Waals surface area contributed by atoms with E-state index in [1.54, 1.807) is 31.4 Å². The average Bonchev–Trinajstić information content (AvgIpc) is 2.90. The summed E-state index contributed by atoms with van der Waals surface area (Å²) < 4.78 is 16.9. The van der Waals surface area contributed by atoms with Crippen molar-refractivity contribution in [2.24, 2.45) is 11.1 Å². The standard InChI is InChI=1S/C30H32N4O4/c1-30(2)14-23-28(24(35)15-30)27(22(17-32)29(33)34(23)11-12-36-3)19-9-10-25(26(13-19)37-4)38-18-21-8-6-5-7-20(21)16-31/h5-10,13,27H,11-12,14-15,18,33H2,1-4H3/t27-/m1/s1. The second-order valence-corrected chi connectivity index (χ2v) is 10.3. The van der Waals surface area contributed by atoms with Gasteiger partial charge in [0.25, 0.3) is 0 Å². The fourth-order valence-electron chi connectivity index (χ4n) is 5.24. The Kier molecular flexibility index (Phi) is 7.75. The summed E-state index contributed by atoms with van der Waals surface area (Å²) in [7, 11) is 3.15. The molecule has 1 atom stereocenters. The third-order valence-corrected chi connectivity index (χ3v) is 7.05. The van der Waals surface area contributed by atoms with Crippen LogP contribution in [0.3, 0.4) is 0 Å². The Hall–Kier alpha value is -4.27. The van der Waals surface area contributed by atoms with Gasteiger partial charge in [-0.1, -0.05) is 38.1 Å². The van der Waals surface area contributed by atoms with Gasteiger partial charge in [0.05, 0.1) is 42.9 Å². The monoisotopic (exact) mass is 512 g/mol. The molecule has 1 aliphatic carbocycles. The van der Waals surface area contributed by atoms with E-state index in [-0.39, 0.29) is 17.8 Å². The van der Waals surface area contributed by atoms with Crippen molar-refractivity contribution in [2.75, 3.05) is 27.4 Å². The van der Waals surface area contributed by atoms with Gasteiger partial charge in [0.15, 0.2) is 17.3 Å². The maximum atomic E-state index is 13.6. The number of Topliss-reactive ketones (excluding diaryl/α,β-unsaturated/α-hetero) is 1. The second kappa shape index (κ2) is 11.0. The average molecular weight is 513 g/mol. The number of allylic oxidation sites excluding steroid dienone is 3. The number of nitrogens with zero attached hydrogens (tertiary/aromatic N) is 3. The first-order valence-corrected chi connectivity index (χ1v) is 12.5. The first kappa shape index (κ1) is 26.8. The van der Waals surface area contributed by atoms with E-state index in [2.05, 4.69) is 26.0 Å². The van der Waals surface area contributed by atoms with Gasteiger partial charge in [0.1, 0.15) is 12.4 Å². The Morgan fingerprint density at radius 2 is 1.84 bits per heavy atom. The number of methoxy groups -OCH3 is 2. The van der Waals surface area contributed by atoms with Crippen LogP contribution in [0.2, 0.25) is 0 Å². The number of nitrogens with two attached hydrogens (primary N) is 1. The SMILES string of the molecule is COCCN1C(N)=C(C#N)[C@@H](c2ccc(OCc3ccccc3C#N)c(OC)c2)C2=C1CC(C)(C)CC2=O. The first-order valence-electron chi connectivity index (χ1n) is 12.5. The third kappa shape index (κ3) is 5.09. The Labute approximate surface area is 223 Å². The summed E-state index contributed by atoms with van der Waals surface area (Å²) in [5, 5.41) is 19.6. The number of benzene rings is 2. The number of rotatable bonds is 8. The van der Waals surface area contributed by atoms with Crippen LogP contribution < -0.4 is 15.2 Å².